The number of aromatic nitrogens is 1. The molecule has 1 aromatic heterocycles. The van der Waals surface area contributed by atoms with Gasteiger partial charge in [0, 0.05) is 16.5 Å². The second-order valence-electron chi connectivity index (χ2n) is 7.69. The van der Waals surface area contributed by atoms with Crippen LogP contribution in [0.3, 0.4) is 0 Å². The normalized spacial score (nSPS) is 14.7. The van der Waals surface area contributed by atoms with Gasteiger partial charge in [-0.15, -0.1) is 0 Å². The Kier molecular flexibility index (Phi) is 5.44. The number of carboxylic acid groups (broad SMARTS) is 1. The van der Waals surface area contributed by atoms with E-state index < -0.39 is 5.97 Å². The van der Waals surface area contributed by atoms with Gasteiger partial charge in [0.1, 0.15) is 0 Å². The Bertz CT molecular complexity index is 1150. The Labute approximate surface area is 176 Å². The van der Waals surface area contributed by atoms with Crippen molar-refractivity contribution in [3.8, 4) is 11.5 Å². The molecule has 0 amide bonds. The summed E-state index contributed by atoms with van der Waals surface area (Å²) in [6.45, 7) is 3.94. The van der Waals surface area contributed by atoms with Crippen LogP contribution in [0.4, 0.5) is 0 Å². The Balaban J connectivity index is 1.93. The van der Waals surface area contributed by atoms with Crippen LogP contribution in [0, 0.1) is 0 Å². The van der Waals surface area contributed by atoms with Crippen LogP contribution in [0.1, 0.15) is 53.9 Å². The van der Waals surface area contributed by atoms with E-state index in [9.17, 15) is 9.90 Å². The molecule has 0 saturated heterocycles. The van der Waals surface area contributed by atoms with Gasteiger partial charge in [0.2, 0.25) is 0 Å². The molecule has 0 atom stereocenters. The summed E-state index contributed by atoms with van der Waals surface area (Å²) in [5.41, 5.74) is 4.28. The van der Waals surface area contributed by atoms with E-state index in [-0.39, 0.29) is 11.7 Å². The number of methoxy groups -OCH3 is 1. The highest BCUT2D eigenvalue weighted by Gasteiger charge is 2.23. The van der Waals surface area contributed by atoms with Gasteiger partial charge in [0.05, 0.1) is 30.4 Å². The van der Waals surface area contributed by atoms with Crippen molar-refractivity contribution in [2.75, 3.05) is 7.11 Å². The number of hydrogen-bond acceptors (Lipinski definition) is 5. The third kappa shape index (κ3) is 3.63. The minimum atomic E-state index is -1.16. The van der Waals surface area contributed by atoms with Crippen LogP contribution in [-0.2, 0) is 6.42 Å². The highest BCUT2D eigenvalue weighted by molar-refractivity contribution is 6.05. The number of carbonyl (C=O) groups excluding carboxylic acids is 1. The van der Waals surface area contributed by atoms with Crippen LogP contribution in [0.2, 0.25) is 0 Å². The van der Waals surface area contributed by atoms with Crippen molar-refractivity contribution >= 4 is 28.5 Å². The first-order chi connectivity index (χ1) is 14.5. The van der Waals surface area contributed by atoms with Crippen molar-refractivity contribution in [1.82, 2.24) is 4.98 Å². The smallest absolute Gasteiger partial charge is 0.168 e. The summed E-state index contributed by atoms with van der Waals surface area (Å²) in [6, 6.07) is 13.1. The van der Waals surface area contributed by atoms with E-state index in [1.165, 1.54) is 0 Å². The number of para-hydroxylation sites is 2. The van der Waals surface area contributed by atoms with Gasteiger partial charge in [-0.3, -0.25) is 0 Å². The first kappa shape index (κ1) is 20.0. The lowest BCUT2D eigenvalue weighted by atomic mass is 9.86. The molecule has 1 aliphatic carbocycles. The van der Waals surface area contributed by atoms with Gasteiger partial charge in [-0.05, 0) is 62.5 Å². The average molecular weight is 402 g/mol. The number of hydrogen-bond donors (Lipinski definition) is 0. The molecule has 0 aliphatic heterocycles. The molecule has 0 spiro atoms. The number of carboxylic acids is 1. The Hall–Kier alpha value is -3.34. The summed E-state index contributed by atoms with van der Waals surface area (Å²) in [5, 5.41) is 12.6. The second kappa shape index (κ2) is 8.19. The zero-order chi connectivity index (χ0) is 21.3. The lowest BCUT2D eigenvalue weighted by Crippen LogP contribution is -2.26. The van der Waals surface area contributed by atoms with Crippen LogP contribution in [-0.4, -0.2) is 24.2 Å². The summed E-state index contributed by atoms with van der Waals surface area (Å²) in [6.07, 6.45) is 4.36. The first-order valence-corrected chi connectivity index (χ1v) is 10.2. The van der Waals surface area contributed by atoms with E-state index in [4.69, 9.17) is 14.5 Å². The van der Waals surface area contributed by atoms with Crippen LogP contribution >= 0.6 is 0 Å². The molecule has 154 valence electrons. The third-order valence-corrected chi connectivity index (χ3v) is 5.29. The number of rotatable bonds is 5. The lowest BCUT2D eigenvalue weighted by Gasteiger charge is -2.24. The predicted molar refractivity (Wildman–Crippen MR) is 116 cm³/mol. The Morgan fingerprint density at radius 1 is 1.13 bits per heavy atom. The number of nitrogens with zero attached hydrogens (tertiary/aromatic N) is 1. The SMILES string of the molecule is COc1cccc(/C=C2\CCCc3c2nc2ccccc2c3C(=O)[O-])c1OC(C)C. The molecule has 5 nitrogen and oxygen atoms in total. The molecule has 4 rings (SSSR count). The largest absolute Gasteiger partial charge is 0.545 e. The van der Waals surface area contributed by atoms with E-state index >= 15 is 0 Å². The number of allylic oxidation sites excluding steroid dienone is 1. The van der Waals surface area contributed by atoms with Crippen molar-refractivity contribution in [3.05, 3.63) is 64.8 Å². The second-order valence-corrected chi connectivity index (χ2v) is 7.69. The number of aromatic carboxylic acids is 1. The first-order valence-electron chi connectivity index (χ1n) is 10.2. The van der Waals surface area contributed by atoms with E-state index in [0.717, 1.165) is 35.2 Å². The zero-order valence-corrected chi connectivity index (χ0v) is 17.4. The van der Waals surface area contributed by atoms with Gasteiger partial charge >= 0.3 is 0 Å². The molecule has 0 fully saturated rings. The minimum Gasteiger partial charge on any atom is -0.545 e. The van der Waals surface area contributed by atoms with Gasteiger partial charge in [-0.1, -0.05) is 30.3 Å². The van der Waals surface area contributed by atoms with Gasteiger partial charge in [0.15, 0.2) is 11.5 Å². The number of benzene rings is 2. The van der Waals surface area contributed by atoms with Crippen LogP contribution in [0.5, 0.6) is 11.5 Å². The molecule has 0 radical (unpaired) electrons. The summed E-state index contributed by atoms with van der Waals surface area (Å²) in [7, 11) is 1.62. The van der Waals surface area contributed by atoms with E-state index in [2.05, 4.69) is 0 Å². The fraction of sp³-hybridized carbons (Fsp3) is 0.280. The lowest BCUT2D eigenvalue weighted by molar-refractivity contribution is -0.254. The van der Waals surface area contributed by atoms with Gasteiger partial charge < -0.3 is 19.4 Å². The monoisotopic (exact) mass is 402 g/mol. The molecule has 30 heavy (non-hydrogen) atoms. The molecule has 2 aromatic carbocycles. The summed E-state index contributed by atoms with van der Waals surface area (Å²) in [4.78, 5) is 16.9. The van der Waals surface area contributed by atoms with Crippen molar-refractivity contribution in [1.29, 1.82) is 0 Å². The van der Waals surface area contributed by atoms with Crippen molar-refractivity contribution in [2.24, 2.45) is 0 Å². The van der Waals surface area contributed by atoms with E-state index in [0.29, 0.717) is 28.8 Å². The summed E-state index contributed by atoms with van der Waals surface area (Å²) < 4.78 is 11.5. The maximum atomic E-state index is 12.0. The molecule has 0 N–H and O–H groups in total. The van der Waals surface area contributed by atoms with Gasteiger partial charge in [0.25, 0.3) is 0 Å². The average Bonchev–Trinajstić information content (AvgIpc) is 2.73. The molecule has 3 aromatic rings. The number of fused-ring (bicyclic) bond motifs is 2. The fourth-order valence-electron chi connectivity index (χ4n) is 4.06. The Morgan fingerprint density at radius 2 is 1.93 bits per heavy atom. The van der Waals surface area contributed by atoms with Crippen molar-refractivity contribution < 1.29 is 19.4 Å². The van der Waals surface area contributed by atoms with Crippen molar-refractivity contribution in [3.63, 3.8) is 0 Å². The van der Waals surface area contributed by atoms with Crippen molar-refractivity contribution in [2.45, 2.75) is 39.2 Å². The molecule has 1 heterocycles. The summed E-state index contributed by atoms with van der Waals surface area (Å²) in [5.74, 6) is 0.183. The predicted octanol–water partition coefficient (Wildman–Crippen LogP) is 4.27. The molecule has 1 aliphatic rings. The Morgan fingerprint density at radius 3 is 2.67 bits per heavy atom. The molecule has 0 saturated carbocycles. The maximum Gasteiger partial charge on any atom is 0.168 e. The topological polar surface area (TPSA) is 71.5 Å². The van der Waals surface area contributed by atoms with Gasteiger partial charge in [-0.25, -0.2) is 4.98 Å². The van der Waals surface area contributed by atoms with E-state index in [1.807, 2.05) is 56.3 Å². The minimum absolute atomic E-state index is 0.0103. The van der Waals surface area contributed by atoms with Crippen LogP contribution in [0.25, 0.3) is 22.6 Å². The molecule has 5 heteroatoms. The number of ether oxygens (including phenoxy) is 2. The molecular formula is C25H24NO4-. The maximum absolute atomic E-state index is 12.0. The zero-order valence-electron chi connectivity index (χ0n) is 17.4. The number of pyridine rings is 1. The van der Waals surface area contributed by atoms with Crippen LogP contribution in [0.15, 0.2) is 42.5 Å². The fourth-order valence-corrected chi connectivity index (χ4v) is 4.06. The molecule has 0 unspecified atom stereocenters. The molecular weight excluding hydrogens is 378 g/mol. The highest BCUT2D eigenvalue weighted by atomic mass is 16.5. The standard InChI is InChI=1S/C25H25NO4/c1-15(2)30-24-17(9-7-13-21(24)29-3)14-16-8-6-11-19-22(25(27)28)18-10-4-5-12-20(18)26-23(16)19/h4-5,7,9-10,12-15H,6,8,11H2,1-3H3,(H,27,28)/p-1/b16-14+. The number of carbonyl (C=O) groups is 1. The third-order valence-electron chi connectivity index (χ3n) is 5.29. The summed E-state index contributed by atoms with van der Waals surface area (Å²) >= 11 is 0. The van der Waals surface area contributed by atoms with Crippen LogP contribution < -0.4 is 14.6 Å². The van der Waals surface area contributed by atoms with Gasteiger partial charge in [-0.2, -0.15) is 0 Å². The quantitative estimate of drug-likeness (QED) is 0.637. The van der Waals surface area contributed by atoms with E-state index in [1.54, 1.807) is 13.2 Å². The highest BCUT2D eigenvalue weighted by Crippen LogP contribution is 2.39. The molecule has 0 bridgehead atoms.